The number of nitrogens with one attached hydrogen (secondary N) is 1. The molecule has 0 fully saturated rings. The van der Waals surface area contributed by atoms with E-state index in [2.05, 4.69) is 5.32 Å². The van der Waals surface area contributed by atoms with Crippen LogP contribution in [-0.2, 0) is 16.1 Å². The topological polar surface area (TPSA) is 58.6 Å². The SMILES string of the molecule is COCc1cccc(C(Nc2ccccc2F)C(=O)O)c1. The predicted octanol–water partition coefficient (Wildman–Crippen LogP) is 3.21. The summed E-state index contributed by atoms with van der Waals surface area (Å²) in [5.74, 6) is -1.57. The Morgan fingerprint density at radius 2 is 2.05 bits per heavy atom. The van der Waals surface area contributed by atoms with Gasteiger partial charge in [-0.25, -0.2) is 9.18 Å². The van der Waals surface area contributed by atoms with Crippen LogP contribution in [0.3, 0.4) is 0 Å². The lowest BCUT2D eigenvalue weighted by Gasteiger charge is -2.17. The zero-order chi connectivity index (χ0) is 15.2. The van der Waals surface area contributed by atoms with Crippen molar-refractivity contribution in [3.8, 4) is 0 Å². The molecule has 0 heterocycles. The zero-order valence-electron chi connectivity index (χ0n) is 11.5. The number of carboxylic acid groups (broad SMARTS) is 1. The van der Waals surface area contributed by atoms with Gasteiger partial charge in [0.2, 0.25) is 0 Å². The first-order valence-corrected chi connectivity index (χ1v) is 6.43. The second kappa shape index (κ2) is 6.85. The van der Waals surface area contributed by atoms with Crippen LogP contribution in [0.15, 0.2) is 48.5 Å². The highest BCUT2D eigenvalue weighted by Crippen LogP contribution is 2.23. The number of methoxy groups -OCH3 is 1. The highest BCUT2D eigenvalue weighted by molar-refractivity contribution is 5.79. The first-order chi connectivity index (χ1) is 10.1. The average Bonchev–Trinajstić information content (AvgIpc) is 2.46. The molecule has 0 aliphatic rings. The van der Waals surface area contributed by atoms with E-state index in [0.717, 1.165) is 5.56 Å². The van der Waals surface area contributed by atoms with Crippen LogP contribution in [-0.4, -0.2) is 18.2 Å². The van der Waals surface area contributed by atoms with Gasteiger partial charge in [-0.1, -0.05) is 36.4 Å². The Morgan fingerprint density at radius 3 is 2.71 bits per heavy atom. The summed E-state index contributed by atoms with van der Waals surface area (Å²) >= 11 is 0. The maximum atomic E-state index is 13.7. The maximum absolute atomic E-state index is 13.7. The van der Waals surface area contributed by atoms with Gasteiger partial charge in [0.05, 0.1) is 12.3 Å². The van der Waals surface area contributed by atoms with E-state index in [-0.39, 0.29) is 5.69 Å². The van der Waals surface area contributed by atoms with Crippen molar-refractivity contribution in [3.05, 3.63) is 65.5 Å². The number of rotatable bonds is 6. The van der Waals surface area contributed by atoms with Crippen LogP contribution in [0.5, 0.6) is 0 Å². The lowest BCUT2D eigenvalue weighted by Crippen LogP contribution is -2.21. The van der Waals surface area contributed by atoms with Gasteiger partial charge in [-0.3, -0.25) is 0 Å². The summed E-state index contributed by atoms with van der Waals surface area (Å²) in [7, 11) is 1.57. The second-order valence-electron chi connectivity index (χ2n) is 4.57. The third-order valence-corrected chi connectivity index (χ3v) is 3.02. The molecule has 0 aliphatic heterocycles. The molecule has 4 nitrogen and oxygen atoms in total. The van der Waals surface area contributed by atoms with Gasteiger partial charge in [0.25, 0.3) is 0 Å². The molecule has 0 amide bonds. The van der Waals surface area contributed by atoms with E-state index in [1.807, 2.05) is 6.07 Å². The number of carboxylic acids is 1. The van der Waals surface area contributed by atoms with Crippen LogP contribution < -0.4 is 5.32 Å². The summed E-state index contributed by atoms with van der Waals surface area (Å²) in [6.07, 6.45) is 0. The Kier molecular flexibility index (Phi) is 4.90. The summed E-state index contributed by atoms with van der Waals surface area (Å²) < 4.78 is 18.7. The van der Waals surface area contributed by atoms with Crippen molar-refractivity contribution < 1.29 is 19.0 Å². The van der Waals surface area contributed by atoms with Crippen molar-refractivity contribution >= 4 is 11.7 Å². The molecule has 0 bridgehead atoms. The van der Waals surface area contributed by atoms with E-state index in [1.165, 1.54) is 12.1 Å². The molecule has 2 aromatic rings. The lowest BCUT2D eigenvalue weighted by atomic mass is 10.0. The molecule has 5 heteroatoms. The van der Waals surface area contributed by atoms with Crippen molar-refractivity contribution in [2.75, 3.05) is 12.4 Å². The van der Waals surface area contributed by atoms with Gasteiger partial charge in [0, 0.05) is 7.11 Å². The molecular weight excluding hydrogens is 273 g/mol. The molecule has 0 saturated carbocycles. The highest BCUT2D eigenvalue weighted by Gasteiger charge is 2.21. The number of hydrogen-bond acceptors (Lipinski definition) is 3. The van der Waals surface area contributed by atoms with Crippen LogP contribution in [0, 0.1) is 5.82 Å². The molecule has 0 radical (unpaired) electrons. The smallest absolute Gasteiger partial charge is 0.330 e. The quantitative estimate of drug-likeness (QED) is 0.857. The standard InChI is InChI=1S/C16H16FNO3/c1-21-10-11-5-4-6-12(9-11)15(16(19)20)18-14-8-3-2-7-13(14)17/h2-9,15,18H,10H2,1H3,(H,19,20). The van der Waals surface area contributed by atoms with Crippen LogP contribution in [0.4, 0.5) is 10.1 Å². The van der Waals surface area contributed by atoms with Gasteiger partial charge in [0.1, 0.15) is 5.82 Å². The molecule has 0 aromatic heterocycles. The molecule has 110 valence electrons. The van der Waals surface area contributed by atoms with Crippen molar-refractivity contribution in [1.29, 1.82) is 0 Å². The predicted molar refractivity (Wildman–Crippen MR) is 77.6 cm³/mol. The minimum atomic E-state index is -1.08. The number of para-hydroxylation sites is 1. The number of halogens is 1. The zero-order valence-corrected chi connectivity index (χ0v) is 11.5. The number of hydrogen-bond donors (Lipinski definition) is 2. The Balaban J connectivity index is 2.29. The van der Waals surface area contributed by atoms with Crippen LogP contribution in [0.2, 0.25) is 0 Å². The van der Waals surface area contributed by atoms with E-state index >= 15 is 0 Å². The normalized spacial score (nSPS) is 11.9. The van der Waals surface area contributed by atoms with E-state index in [9.17, 15) is 14.3 Å². The summed E-state index contributed by atoms with van der Waals surface area (Å²) in [5, 5.41) is 12.1. The monoisotopic (exact) mass is 289 g/mol. The summed E-state index contributed by atoms with van der Waals surface area (Å²) in [4.78, 5) is 11.5. The number of benzene rings is 2. The van der Waals surface area contributed by atoms with E-state index in [0.29, 0.717) is 12.2 Å². The Hall–Kier alpha value is -2.40. The fourth-order valence-corrected chi connectivity index (χ4v) is 2.05. The molecule has 0 spiro atoms. The van der Waals surface area contributed by atoms with E-state index < -0.39 is 17.8 Å². The van der Waals surface area contributed by atoms with Gasteiger partial charge in [-0.05, 0) is 23.3 Å². The van der Waals surface area contributed by atoms with Crippen molar-refractivity contribution in [3.63, 3.8) is 0 Å². The van der Waals surface area contributed by atoms with Gasteiger partial charge in [-0.2, -0.15) is 0 Å². The molecule has 0 saturated heterocycles. The third-order valence-electron chi connectivity index (χ3n) is 3.02. The van der Waals surface area contributed by atoms with Gasteiger partial charge in [0.15, 0.2) is 6.04 Å². The minimum absolute atomic E-state index is 0.155. The minimum Gasteiger partial charge on any atom is -0.479 e. The number of carbonyl (C=O) groups is 1. The van der Waals surface area contributed by atoms with E-state index in [1.54, 1.807) is 37.4 Å². The fraction of sp³-hybridized carbons (Fsp3) is 0.188. The van der Waals surface area contributed by atoms with Crippen LogP contribution in [0.1, 0.15) is 17.2 Å². The largest absolute Gasteiger partial charge is 0.479 e. The lowest BCUT2D eigenvalue weighted by molar-refractivity contribution is -0.138. The van der Waals surface area contributed by atoms with Crippen LogP contribution >= 0.6 is 0 Å². The maximum Gasteiger partial charge on any atom is 0.330 e. The fourth-order valence-electron chi connectivity index (χ4n) is 2.05. The van der Waals surface area contributed by atoms with Gasteiger partial charge >= 0.3 is 5.97 Å². The first kappa shape index (κ1) is 15.0. The van der Waals surface area contributed by atoms with Crippen molar-refractivity contribution in [2.24, 2.45) is 0 Å². The van der Waals surface area contributed by atoms with E-state index in [4.69, 9.17) is 4.74 Å². The Labute approximate surface area is 122 Å². The summed E-state index contributed by atoms with van der Waals surface area (Å²) in [6, 6.07) is 12.0. The number of aliphatic carboxylic acids is 1. The van der Waals surface area contributed by atoms with Crippen LogP contribution in [0.25, 0.3) is 0 Å². The molecule has 1 unspecified atom stereocenters. The average molecular weight is 289 g/mol. The molecule has 2 N–H and O–H groups in total. The van der Waals surface area contributed by atoms with Crippen molar-refractivity contribution in [1.82, 2.24) is 0 Å². The molecule has 0 aliphatic carbocycles. The molecule has 2 rings (SSSR count). The molecular formula is C16H16FNO3. The summed E-state index contributed by atoms with van der Waals surface area (Å²) in [6.45, 7) is 0.389. The number of ether oxygens (including phenoxy) is 1. The van der Waals surface area contributed by atoms with Crippen molar-refractivity contribution in [2.45, 2.75) is 12.6 Å². The first-order valence-electron chi connectivity index (χ1n) is 6.43. The third kappa shape index (κ3) is 3.79. The second-order valence-corrected chi connectivity index (χ2v) is 4.57. The summed E-state index contributed by atoms with van der Waals surface area (Å²) in [5.41, 5.74) is 1.55. The molecule has 1 atom stereocenters. The Bertz CT molecular complexity index is 630. The molecule has 2 aromatic carbocycles. The number of anilines is 1. The Morgan fingerprint density at radius 1 is 1.29 bits per heavy atom. The van der Waals surface area contributed by atoms with Gasteiger partial charge < -0.3 is 15.2 Å². The molecule has 21 heavy (non-hydrogen) atoms. The highest BCUT2D eigenvalue weighted by atomic mass is 19.1. The van der Waals surface area contributed by atoms with Gasteiger partial charge in [-0.15, -0.1) is 0 Å².